The summed E-state index contributed by atoms with van der Waals surface area (Å²) in [5, 5.41) is 0. The van der Waals surface area contributed by atoms with Crippen molar-refractivity contribution in [1.82, 2.24) is 0 Å². The van der Waals surface area contributed by atoms with Gasteiger partial charge < -0.3 is 10.5 Å². The molecule has 4 heteroatoms. The number of rotatable bonds is 5. The highest BCUT2D eigenvalue weighted by molar-refractivity contribution is 7.80. The number of nitrogens with two attached hydrogens (primary N) is 1. The van der Waals surface area contributed by atoms with E-state index >= 15 is 0 Å². The number of thiocarbonyl (C=S) groups is 1. The third-order valence-corrected chi connectivity index (χ3v) is 3.48. The van der Waals surface area contributed by atoms with Crippen molar-refractivity contribution >= 4 is 17.2 Å². The maximum Gasteiger partial charge on any atom is 0.123 e. The van der Waals surface area contributed by atoms with Gasteiger partial charge in [-0.15, -0.1) is 0 Å². The average molecular weight is 303 g/mol. The molecular weight excluding hydrogens is 285 g/mol. The number of halogens is 1. The predicted octanol–water partition coefficient (Wildman–Crippen LogP) is 4.16. The van der Waals surface area contributed by atoms with Crippen LogP contribution in [0, 0.1) is 5.82 Å². The second-order valence-electron chi connectivity index (χ2n) is 5.15. The van der Waals surface area contributed by atoms with E-state index in [0.29, 0.717) is 17.0 Å². The Morgan fingerprint density at radius 3 is 2.62 bits per heavy atom. The molecule has 0 saturated heterocycles. The zero-order valence-electron chi connectivity index (χ0n) is 12.1. The molecule has 2 aromatic carbocycles. The Morgan fingerprint density at radius 1 is 1.24 bits per heavy atom. The first-order valence-corrected chi connectivity index (χ1v) is 7.20. The maximum atomic E-state index is 13.4. The third kappa shape index (κ3) is 3.79. The largest absolute Gasteiger partial charge is 0.489 e. The van der Waals surface area contributed by atoms with E-state index in [1.54, 1.807) is 6.07 Å². The first-order chi connectivity index (χ1) is 9.99. The molecule has 0 unspecified atom stereocenters. The van der Waals surface area contributed by atoms with Crippen LogP contribution in [0.2, 0.25) is 0 Å². The molecule has 110 valence electrons. The van der Waals surface area contributed by atoms with E-state index in [1.807, 2.05) is 24.3 Å². The van der Waals surface area contributed by atoms with E-state index in [0.717, 1.165) is 11.3 Å². The molecule has 0 bridgehead atoms. The summed E-state index contributed by atoms with van der Waals surface area (Å²) in [6, 6.07) is 12.2. The van der Waals surface area contributed by atoms with E-state index in [2.05, 4.69) is 13.8 Å². The van der Waals surface area contributed by atoms with Gasteiger partial charge >= 0.3 is 0 Å². The van der Waals surface area contributed by atoms with E-state index in [-0.39, 0.29) is 17.4 Å². The summed E-state index contributed by atoms with van der Waals surface area (Å²) in [4.78, 5) is 0.241. The zero-order chi connectivity index (χ0) is 15.4. The van der Waals surface area contributed by atoms with E-state index in [4.69, 9.17) is 22.7 Å². The number of benzene rings is 2. The van der Waals surface area contributed by atoms with Crippen LogP contribution in [0.1, 0.15) is 36.5 Å². The molecule has 0 aliphatic rings. The first-order valence-electron chi connectivity index (χ1n) is 6.79. The Kier molecular flexibility index (Phi) is 4.91. The fraction of sp³-hybridized carbons (Fsp3) is 0.235. The van der Waals surface area contributed by atoms with Gasteiger partial charge in [0.05, 0.1) is 0 Å². The van der Waals surface area contributed by atoms with Crippen LogP contribution in [0.3, 0.4) is 0 Å². The molecule has 0 aromatic heterocycles. The molecule has 21 heavy (non-hydrogen) atoms. The molecule has 2 rings (SSSR count). The SMILES string of the molecule is CC(C)c1ccccc1OCc1cc(F)ccc1C(N)=S. The monoisotopic (exact) mass is 303 g/mol. The van der Waals surface area contributed by atoms with Crippen LogP contribution in [0.4, 0.5) is 4.39 Å². The fourth-order valence-electron chi connectivity index (χ4n) is 2.17. The normalized spacial score (nSPS) is 10.7. The number of hydrogen-bond donors (Lipinski definition) is 1. The summed E-state index contributed by atoms with van der Waals surface area (Å²) in [6.07, 6.45) is 0. The van der Waals surface area contributed by atoms with E-state index in [1.165, 1.54) is 12.1 Å². The molecule has 0 fully saturated rings. The minimum absolute atomic E-state index is 0.230. The summed E-state index contributed by atoms with van der Waals surface area (Å²) in [5.74, 6) is 0.820. The zero-order valence-corrected chi connectivity index (χ0v) is 12.9. The van der Waals surface area contributed by atoms with Crippen LogP contribution in [0.25, 0.3) is 0 Å². The van der Waals surface area contributed by atoms with Gasteiger partial charge in [0.25, 0.3) is 0 Å². The first kappa shape index (κ1) is 15.4. The summed E-state index contributed by atoms with van der Waals surface area (Å²) in [7, 11) is 0. The van der Waals surface area contributed by atoms with Crippen molar-refractivity contribution in [3.05, 3.63) is 65.0 Å². The lowest BCUT2D eigenvalue weighted by molar-refractivity contribution is 0.301. The molecule has 0 amide bonds. The van der Waals surface area contributed by atoms with Crippen LogP contribution >= 0.6 is 12.2 Å². The van der Waals surface area contributed by atoms with Gasteiger partial charge in [-0.3, -0.25) is 0 Å². The minimum atomic E-state index is -0.328. The predicted molar refractivity (Wildman–Crippen MR) is 87.2 cm³/mol. The van der Waals surface area contributed by atoms with E-state index in [9.17, 15) is 4.39 Å². The van der Waals surface area contributed by atoms with Crippen LogP contribution in [-0.4, -0.2) is 4.99 Å². The van der Waals surface area contributed by atoms with Crippen LogP contribution in [-0.2, 0) is 6.61 Å². The Morgan fingerprint density at radius 2 is 1.95 bits per heavy atom. The molecule has 0 atom stereocenters. The number of ether oxygens (including phenoxy) is 1. The van der Waals surface area contributed by atoms with Crippen molar-refractivity contribution in [3.63, 3.8) is 0 Å². The lowest BCUT2D eigenvalue weighted by Crippen LogP contribution is -2.14. The van der Waals surface area contributed by atoms with Gasteiger partial charge in [-0.05, 0) is 35.7 Å². The van der Waals surface area contributed by atoms with E-state index < -0.39 is 0 Å². The van der Waals surface area contributed by atoms with Crippen molar-refractivity contribution in [1.29, 1.82) is 0 Å². The maximum absolute atomic E-state index is 13.4. The molecule has 0 spiro atoms. The van der Waals surface area contributed by atoms with Gasteiger partial charge in [0.15, 0.2) is 0 Å². The van der Waals surface area contributed by atoms with Gasteiger partial charge in [-0.25, -0.2) is 4.39 Å². The summed E-state index contributed by atoms with van der Waals surface area (Å²) in [5.41, 5.74) is 8.08. The highest BCUT2D eigenvalue weighted by Crippen LogP contribution is 2.27. The molecule has 0 aliphatic heterocycles. The molecular formula is C17H18FNOS. The molecule has 2 aromatic rings. The van der Waals surface area contributed by atoms with Crippen molar-refractivity contribution in [2.45, 2.75) is 26.4 Å². The molecule has 0 aliphatic carbocycles. The minimum Gasteiger partial charge on any atom is -0.489 e. The third-order valence-electron chi connectivity index (χ3n) is 3.26. The lowest BCUT2D eigenvalue weighted by atomic mass is 10.0. The lowest BCUT2D eigenvalue weighted by Gasteiger charge is -2.15. The summed E-state index contributed by atoms with van der Waals surface area (Å²) < 4.78 is 19.3. The number of hydrogen-bond acceptors (Lipinski definition) is 2. The fourth-order valence-corrected chi connectivity index (χ4v) is 2.37. The highest BCUT2D eigenvalue weighted by Gasteiger charge is 2.10. The standard InChI is InChI=1S/C17H18FNOS/c1-11(2)14-5-3-4-6-16(14)20-10-12-9-13(18)7-8-15(12)17(19)21/h3-9,11H,10H2,1-2H3,(H2,19,21). The molecule has 2 nitrogen and oxygen atoms in total. The van der Waals surface area contributed by atoms with Crippen LogP contribution in [0.5, 0.6) is 5.75 Å². The van der Waals surface area contributed by atoms with Crippen molar-refractivity contribution in [3.8, 4) is 5.75 Å². The van der Waals surface area contributed by atoms with Gasteiger partial charge in [-0.1, -0.05) is 44.3 Å². The number of para-hydroxylation sites is 1. The topological polar surface area (TPSA) is 35.2 Å². The van der Waals surface area contributed by atoms with Crippen LogP contribution < -0.4 is 10.5 Å². The highest BCUT2D eigenvalue weighted by atomic mass is 32.1. The average Bonchev–Trinajstić information content (AvgIpc) is 2.45. The Hall–Kier alpha value is -1.94. The molecule has 0 radical (unpaired) electrons. The quantitative estimate of drug-likeness (QED) is 0.842. The second-order valence-corrected chi connectivity index (χ2v) is 5.59. The Labute approximate surface area is 129 Å². The van der Waals surface area contributed by atoms with Crippen molar-refractivity contribution < 1.29 is 9.13 Å². The second kappa shape index (κ2) is 6.68. The van der Waals surface area contributed by atoms with Gasteiger partial charge in [0.2, 0.25) is 0 Å². The Bertz CT molecular complexity index is 655. The smallest absolute Gasteiger partial charge is 0.123 e. The molecule has 0 saturated carbocycles. The van der Waals surface area contributed by atoms with Gasteiger partial charge in [-0.2, -0.15) is 0 Å². The summed E-state index contributed by atoms with van der Waals surface area (Å²) >= 11 is 4.99. The summed E-state index contributed by atoms with van der Waals surface area (Å²) in [6.45, 7) is 4.43. The van der Waals surface area contributed by atoms with Gasteiger partial charge in [0, 0.05) is 11.1 Å². The van der Waals surface area contributed by atoms with Crippen LogP contribution in [0.15, 0.2) is 42.5 Å². The van der Waals surface area contributed by atoms with Crippen molar-refractivity contribution in [2.24, 2.45) is 5.73 Å². The van der Waals surface area contributed by atoms with Gasteiger partial charge in [0.1, 0.15) is 23.2 Å². The molecule has 2 N–H and O–H groups in total. The molecule has 0 heterocycles. The Balaban J connectivity index is 2.25. The van der Waals surface area contributed by atoms with Crippen molar-refractivity contribution in [2.75, 3.05) is 0 Å².